The first kappa shape index (κ1) is 26.4. The number of carbonyl (C=O) groups excluding carboxylic acids is 1. The van der Waals surface area contributed by atoms with E-state index in [1.165, 1.54) is 38.0 Å². The van der Waals surface area contributed by atoms with Crippen molar-refractivity contribution in [2.45, 2.75) is 31.2 Å². The average molecular weight is 517 g/mol. The van der Waals surface area contributed by atoms with Gasteiger partial charge in [0.05, 0.1) is 30.8 Å². The first-order valence-electron chi connectivity index (χ1n) is 11.1. The van der Waals surface area contributed by atoms with Gasteiger partial charge in [-0.1, -0.05) is 42.8 Å². The fourth-order valence-corrected chi connectivity index (χ4v) is 5.13. The van der Waals surface area contributed by atoms with E-state index in [1.807, 2.05) is 31.2 Å². The highest BCUT2D eigenvalue weighted by Crippen LogP contribution is 2.32. The van der Waals surface area contributed by atoms with Gasteiger partial charge in [0.1, 0.15) is 6.54 Å². The second kappa shape index (κ2) is 11.5. The molecule has 9 heteroatoms. The van der Waals surface area contributed by atoms with E-state index < -0.39 is 22.5 Å². The van der Waals surface area contributed by atoms with Gasteiger partial charge in [-0.2, -0.15) is 0 Å². The second-order valence-electron chi connectivity index (χ2n) is 7.89. The standard InChI is InChI=1S/C26H29ClN2O5S/c1-5-19-6-8-20(9-7-19)18(2)28-26(30)17-29(22-12-10-21(27)11-13-22)35(31,32)23-14-15-24(33-3)25(16-23)34-4/h6-16,18H,5,17H2,1-4H3,(H,28,30)/t18-/m0/s1. The lowest BCUT2D eigenvalue weighted by molar-refractivity contribution is -0.120. The lowest BCUT2D eigenvalue weighted by Gasteiger charge is -2.25. The smallest absolute Gasteiger partial charge is 0.264 e. The number of rotatable bonds is 10. The van der Waals surface area contributed by atoms with Crippen LogP contribution in [0.1, 0.15) is 31.0 Å². The highest BCUT2D eigenvalue weighted by Gasteiger charge is 2.29. The number of anilines is 1. The molecule has 0 aromatic heterocycles. The van der Waals surface area contributed by atoms with Crippen molar-refractivity contribution in [2.24, 2.45) is 0 Å². The van der Waals surface area contributed by atoms with E-state index in [9.17, 15) is 13.2 Å². The third-order valence-electron chi connectivity index (χ3n) is 5.61. The maximum Gasteiger partial charge on any atom is 0.264 e. The maximum absolute atomic E-state index is 13.7. The van der Waals surface area contributed by atoms with E-state index in [4.69, 9.17) is 21.1 Å². The Morgan fingerprint density at radius 3 is 2.17 bits per heavy atom. The summed E-state index contributed by atoms with van der Waals surface area (Å²) in [6.07, 6.45) is 0.922. The Kier molecular flexibility index (Phi) is 8.64. The number of ether oxygens (including phenoxy) is 2. The molecule has 0 aliphatic carbocycles. The van der Waals surface area contributed by atoms with Crippen molar-refractivity contribution in [2.75, 3.05) is 25.1 Å². The molecule has 0 radical (unpaired) electrons. The van der Waals surface area contributed by atoms with Gasteiger partial charge in [-0.3, -0.25) is 9.10 Å². The predicted molar refractivity (Wildman–Crippen MR) is 138 cm³/mol. The fraction of sp³-hybridized carbons (Fsp3) is 0.269. The van der Waals surface area contributed by atoms with E-state index in [-0.39, 0.29) is 16.7 Å². The molecule has 0 unspecified atom stereocenters. The number of nitrogens with one attached hydrogen (secondary N) is 1. The van der Waals surface area contributed by atoms with Crippen LogP contribution in [0.3, 0.4) is 0 Å². The molecular weight excluding hydrogens is 488 g/mol. The van der Waals surface area contributed by atoms with Gasteiger partial charge >= 0.3 is 0 Å². The summed E-state index contributed by atoms with van der Waals surface area (Å²) in [4.78, 5) is 13.0. The number of benzene rings is 3. The molecule has 3 rings (SSSR count). The summed E-state index contributed by atoms with van der Waals surface area (Å²) in [5, 5.41) is 3.34. The topological polar surface area (TPSA) is 84.9 Å². The van der Waals surface area contributed by atoms with Crippen LogP contribution in [0, 0.1) is 0 Å². The Morgan fingerprint density at radius 1 is 0.971 bits per heavy atom. The number of halogens is 1. The van der Waals surface area contributed by atoms with Crippen molar-refractivity contribution in [1.82, 2.24) is 5.32 Å². The summed E-state index contributed by atoms with van der Waals surface area (Å²) in [5.74, 6) is 0.208. The van der Waals surface area contributed by atoms with E-state index in [1.54, 1.807) is 24.3 Å². The molecule has 3 aromatic carbocycles. The minimum absolute atomic E-state index is 0.0406. The Bertz CT molecular complexity index is 1260. The minimum Gasteiger partial charge on any atom is -0.493 e. The largest absolute Gasteiger partial charge is 0.493 e. The molecule has 3 aromatic rings. The molecule has 1 N–H and O–H groups in total. The molecule has 0 saturated carbocycles. The lowest BCUT2D eigenvalue weighted by atomic mass is 10.1. The summed E-state index contributed by atoms with van der Waals surface area (Å²) >= 11 is 6.01. The predicted octanol–water partition coefficient (Wildman–Crippen LogP) is 4.99. The monoisotopic (exact) mass is 516 g/mol. The van der Waals surface area contributed by atoms with Crippen LogP contribution in [0.15, 0.2) is 71.6 Å². The van der Waals surface area contributed by atoms with Gasteiger partial charge in [-0.15, -0.1) is 0 Å². The molecule has 0 heterocycles. The first-order valence-corrected chi connectivity index (χ1v) is 12.9. The lowest BCUT2D eigenvalue weighted by Crippen LogP contribution is -2.41. The highest BCUT2D eigenvalue weighted by atomic mass is 35.5. The Morgan fingerprint density at radius 2 is 1.60 bits per heavy atom. The van der Waals surface area contributed by atoms with Gasteiger partial charge in [0.2, 0.25) is 5.91 Å². The number of carbonyl (C=O) groups is 1. The van der Waals surface area contributed by atoms with Crippen molar-refractivity contribution >= 4 is 33.2 Å². The van der Waals surface area contributed by atoms with Crippen molar-refractivity contribution in [3.8, 4) is 11.5 Å². The quantitative estimate of drug-likeness (QED) is 0.410. The van der Waals surface area contributed by atoms with E-state index in [0.717, 1.165) is 16.3 Å². The molecular formula is C26H29ClN2O5S. The number of methoxy groups -OCH3 is 2. The molecule has 0 saturated heterocycles. The minimum atomic E-state index is -4.14. The number of amides is 1. The number of hydrogen-bond donors (Lipinski definition) is 1. The van der Waals surface area contributed by atoms with Crippen LogP contribution in [0.25, 0.3) is 0 Å². The summed E-state index contributed by atoms with van der Waals surface area (Å²) in [6, 6.07) is 18.2. The van der Waals surface area contributed by atoms with Crippen LogP contribution < -0.4 is 19.1 Å². The first-order chi connectivity index (χ1) is 16.7. The Balaban J connectivity index is 1.91. The van der Waals surface area contributed by atoms with E-state index >= 15 is 0 Å². The van der Waals surface area contributed by atoms with Crippen molar-refractivity contribution in [1.29, 1.82) is 0 Å². The molecule has 7 nitrogen and oxygen atoms in total. The normalized spacial score (nSPS) is 12.0. The summed E-state index contributed by atoms with van der Waals surface area (Å²) in [7, 11) is -1.25. The molecule has 0 spiro atoms. The van der Waals surface area contributed by atoms with E-state index in [2.05, 4.69) is 12.2 Å². The number of sulfonamides is 1. The third-order valence-corrected chi connectivity index (χ3v) is 7.63. The van der Waals surface area contributed by atoms with Crippen molar-refractivity contribution in [3.63, 3.8) is 0 Å². The Labute approximate surface area is 211 Å². The van der Waals surface area contributed by atoms with Gasteiger partial charge < -0.3 is 14.8 Å². The zero-order valence-corrected chi connectivity index (χ0v) is 21.7. The van der Waals surface area contributed by atoms with Crippen molar-refractivity contribution in [3.05, 3.63) is 82.9 Å². The molecule has 186 valence electrons. The molecule has 0 aliphatic rings. The van der Waals surface area contributed by atoms with E-state index in [0.29, 0.717) is 16.5 Å². The van der Waals surface area contributed by atoms with Gasteiger partial charge in [0, 0.05) is 11.1 Å². The van der Waals surface area contributed by atoms with Crippen LogP contribution in [-0.2, 0) is 21.2 Å². The average Bonchev–Trinajstić information content (AvgIpc) is 2.87. The molecule has 0 bridgehead atoms. The molecule has 0 aliphatic heterocycles. The van der Waals surface area contributed by atoms with Crippen molar-refractivity contribution < 1.29 is 22.7 Å². The summed E-state index contributed by atoms with van der Waals surface area (Å²) in [5.41, 5.74) is 2.43. The Hall–Kier alpha value is -3.23. The zero-order valence-electron chi connectivity index (χ0n) is 20.1. The van der Waals surface area contributed by atoms with Gasteiger partial charge in [0.15, 0.2) is 11.5 Å². The van der Waals surface area contributed by atoms with Crippen LogP contribution >= 0.6 is 11.6 Å². The highest BCUT2D eigenvalue weighted by molar-refractivity contribution is 7.92. The van der Waals surface area contributed by atoms with Gasteiger partial charge in [0.25, 0.3) is 10.0 Å². The number of aryl methyl sites for hydroxylation is 1. The van der Waals surface area contributed by atoms with Crippen LogP contribution in [0.5, 0.6) is 11.5 Å². The summed E-state index contributed by atoms with van der Waals surface area (Å²) < 4.78 is 38.9. The second-order valence-corrected chi connectivity index (χ2v) is 10.2. The number of nitrogens with zero attached hydrogens (tertiary/aromatic N) is 1. The molecule has 1 atom stereocenters. The number of hydrogen-bond acceptors (Lipinski definition) is 5. The van der Waals surface area contributed by atoms with Crippen LogP contribution in [0.4, 0.5) is 5.69 Å². The fourth-order valence-electron chi connectivity index (χ4n) is 3.57. The molecule has 0 fully saturated rings. The van der Waals surface area contributed by atoms with Crippen LogP contribution in [-0.4, -0.2) is 35.1 Å². The maximum atomic E-state index is 13.7. The van der Waals surface area contributed by atoms with Gasteiger partial charge in [-0.05, 0) is 60.9 Å². The molecule has 1 amide bonds. The SMILES string of the molecule is CCc1ccc([C@H](C)NC(=O)CN(c2ccc(Cl)cc2)S(=O)(=O)c2ccc(OC)c(OC)c2)cc1. The van der Waals surface area contributed by atoms with Crippen LogP contribution in [0.2, 0.25) is 5.02 Å². The third kappa shape index (κ3) is 6.26. The summed E-state index contributed by atoms with van der Waals surface area (Å²) in [6.45, 7) is 3.51. The van der Waals surface area contributed by atoms with Gasteiger partial charge in [-0.25, -0.2) is 8.42 Å². The molecule has 35 heavy (non-hydrogen) atoms. The zero-order chi connectivity index (χ0) is 25.6.